The molecular weight excluding hydrogens is 302 g/mol. The maximum Gasteiger partial charge on any atom is 0.185 e. The molecule has 116 valence electrons. The Morgan fingerprint density at radius 3 is 2.68 bits per heavy atom. The molecule has 0 atom stereocenters. The zero-order valence-corrected chi connectivity index (χ0v) is 13.0. The summed E-state index contributed by atoms with van der Waals surface area (Å²) in [5, 5.41) is 10.6. The molecule has 22 heavy (non-hydrogen) atoms. The van der Waals surface area contributed by atoms with Crippen LogP contribution in [0, 0.1) is 5.41 Å². The summed E-state index contributed by atoms with van der Waals surface area (Å²) in [5.41, 5.74) is 7.20. The molecule has 0 aliphatic carbocycles. The fraction of sp³-hybridized carbons (Fsp3) is 0.188. The summed E-state index contributed by atoms with van der Waals surface area (Å²) in [6.45, 7) is 0.841. The van der Waals surface area contributed by atoms with Crippen LogP contribution < -0.4 is 20.5 Å². The molecule has 0 amide bonds. The SMILES string of the molecule is COc1ccc(CNC(=N)N)cc1OCc1cccc(Cl)c1. The maximum atomic E-state index is 7.19. The van der Waals surface area contributed by atoms with Crippen LogP contribution in [0.25, 0.3) is 0 Å². The lowest BCUT2D eigenvalue weighted by molar-refractivity contribution is 0.284. The number of nitrogens with one attached hydrogen (secondary N) is 2. The monoisotopic (exact) mass is 319 g/mol. The topological polar surface area (TPSA) is 80.4 Å². The Morgan fingerprint density at radius 1 is 1.18 bits per heavy atom. The molecule has 0 fully saturated rings. The van der Waals surface area contributed by atoms with Crippen molar-refractivity contribution in [3.8, 4) is 11.5 Å². The highest BCUT2D eigenvalue weighted by Crippen LogP contribution is 2.29. The first-order valence-electron chi connectivity index (χ1n) is 6.70. The van der Waals surface area contributed by atoms with E-state index in [0.717, 1.165) is 11.1 Å². The summed E-state index contributed by atoms with van der Waals surface area (Å²) in [6, 6.07) is 13.1. The Labute approximate surface area is 134 Å². The molecule has 2 rings (SSSR count). The second kappa shape index (κ2) is 7.56. The Morgan fingerprint density at radius 2 is 2.00 bits per heavy atom. The van der Waals surface area contributed by atoms with Crippen LogP contribution in [0.1, 0.15) is 11.1 Å². The third kappa shape index (κ3) is 4.56. The molecule has 0 unspecified atom stereocenters. The molecule has 0 radical (unpaired) electrons. The molecule has 0 saturated carbocycles. The van der Waals surface area contributed by atoms with Gasteiger partial charge < -0.3 is 20.5 Å². The van der Waals surface area contributed by atoms with Crippen LogP contribution in [0.2, 0.25) is 5.02 Å². The van der Waals surface area contributed by atoms with E-state index in [1.165, 1.54) is 0 Å². The number of rotatable bonds is 6. The number of benzene rings is 2. The van der Waals surface area contributed by atoms with Gasteiger partial charge in [-0.2, -0.15) is 0 Å². The van der Waals surface area contributed by atoms with E-state index in [1.54, 1.807) is 7.11 Å². The number of hydrogen-bond acceptors (Lipinski definition) is 3. The lowest BCUT2D eigenvalue weighted by Crippen LogP contribution is -2.29. The van der Waals surface area contributed by atoms with Crippen molar-refractivity contribution < 1.29 is 9.47 Å². The minimum Gasteiger partial charge on any atom is -0.493 e. The Bertz CT molecular complexity index is 662. The Hall–Kier alpha value is -2.40. The van der Waals surface area contributed by atoms with Gasteiger partial charge in [0, 0.05) is 11.6 Å². The fourth-order valence-electron chi connectivity index (χ4n) is 1.93. The van der Waals surface area contributed by atoms with Crippen molar-refractivity contribution in [1.82, 2.24) is 5.32 Å². The summed E-state index contributed by atoms with van der Waals surface area (Å²) in [6.07, 6.45) is 0. The van der Waals surface area contributed by atoms with Crippen molar-refractivity contribution >= 4 is 17.6 Å². The standard InChI is InChI=1S/C16H18ClN3O2/c1-21-14-6-5-11(9-20-16(18)19)8-15(14)22-10-12-3-2-4-13(17)7-12/h2-8H,9-10H2,1H3,(H4,18,19,20). The van der Waals surface area contributed by atoms with Crippen LogP contribution in [0.15, 0.2) is 42.5 Å². The van der Waals surface area contributed by atoms with E-state index in [-0.39, 0.29) is 5.96 Å². The first-order valence-corrected chi connectivity index (χ1v) is 7.08. The highest BCUT2D eigenvalue weighted by Gasteiger charge is 2.07. The molecular formula is C16H18ClN3O2. The van der Waals surface area contributed by atoms with Crippen molar-refractivity contribution in [3.05, 3.63) is 58.6 Å². The van der Waals surface area contributed by atoms with Crippen LogP contribution >= 0.6 is 11.6 Å². The predicted molar refractivity (Wildman–Crippen MR) is 87.5 cm³/mol. The van der Waals surface area contributed by atoms with E-state index in [1.807, 2.05) is 42.5 Å². The normalized spacial score (nSPS) is 10.1. The summed E-state index contributed by atoms with van der Waals surface area (Å²) in [5.74, 6) is 1.20. The van der Waals surface area contributed by atoms with E-state index in [0.29, 0.717) is 29.7 Å². The van der Waals surface area contributed by atoms with Crippen molar-refractivity contribution in [2.75, 3.05) is 7.11 Å². The fourth-order valence-corrected chi connectivity index (χ4v) is 2.14. The van der Waals surface area contributed by atoms with Gasteiger partial charge in [-0.1, -0.05) is 29.8 Å². The average Bonchev–Trinajstić information content (AvgIpc) is 2.51. The third-order valence-corrected chi connectivity index (χ3v) is 3.23. The molecule has 5 nitrogen and oxygen atoms in total. The number of nitrogens with two attached hydrogens (primary N) is 1. The second-order valence-electron chi connectivity index (χ2n) is 4.67. The van der Waals surface area contributed by atoms with E-state index in [2.05, 4.69) is 5.32 Å². The van der Waals surface area contributed by atoms with Crippen molar-refractivity contribution in [2.24, 2.45) is 5.73 Å². The smallest absolute Gasteiger partial charge is 0.185 e. The molecule has 0 aromatic heterocycles. The van der Waals surface area contributed by atoms with Crippen LogP contribution in [0.5, 0.6) is 11.5 Å². The quantitative estimate of drug-likeness (QED) is 0.565. The molecule has 2 aromatic rings. The zero-order chi connectivity index (χ0) is 15.9. The van der Waals surface area contributed by atoms with Crippen molar-refractivity contribution in [3.63, 3.8) is 0 Å². The minimum atomic E-state index is -0.0720. The van der Waals surface area contributed by atoms with Gasteiger partial charge in [0.2, 0.25) is 0 Å². The third-order valence-electron chi connectivity index (χ3n) is 2.99. The maximum absolute atomic E-state index is 7.19. The number of hydrogen-bond donors (Lipinski definition) is 3. The van der Waals surface area contributed by atoms with Gasteiger partial charge in [-0.25, -0.2) is 0 Å². The highest BCUT2D eigenvalue weighted by molar-refractivity contribution is 6.30. The second-order valence-corrected chi connectivity index (χ2v) is 5.11. The largest absolute Gasteiger partial charge is 0.493 e. The van der Waals surface area contributed by atoms with Crippen LogP contribution in [0.3, 0.4) is 0 Å². The molecule has 4 N–H and O–H groups in total. The van der Waals surface area contributed by atoms with E-state index in [9.17, 15) is 0 Å². The van der Waals surface area contributed by atoms with Gasteiger partial charge in [-0.15, -0.1) is 0 Å². The van der Waals surface area contributed by atoms with Gasteiger partial charge >= 0.3 is 0 Å². The number of halogens is 1. The number of methoxy groups -OCH3 is 1. The van der Waals surface area contributed by atoms with Crippen LogP contribution in [-0.4, -0.2) is 13.1 Å². The summed E-state index contributed by atoms with van der Waals surface area (Å²) < 4.78 is 11.1. The summed E-state index contributed by atoms with van der Waals surface area (Å²) in [4.78, 5) is 0. The minimum absolute atomic E-state index is 0.0720. The Balaban J connectivity index is 2.10. The van der Waals surface area contributed by atoms with E-state index >= 15 is 0 Å². The Kier molecular flexibility index (Phi) is 5.49. The van der Waals surface area contributed by atoms with Gasteiger partial charge in [0.15, 0.2) is 17.5 Å². The van der Waals surface area contributed by atoms with Gasteiger partial charge in [0.1, 0.15) is 6.61 Å². The lowest BCUT2D eigenvalue weighted by atomic mass is 10.2. The molecule has 0 aliphatic heterocycles. The van der Waals surface area contributed by atoms with Crippen molar-refractivity contribution in [2.45, 2.75) is 13.2 Å². The number of guanidine groups is 1. The van der Waals surface area contributed by atoms with Gasteiger partial charge in [-0.05, 0) is 35.4 Å². The predicted octanol–water partition coefficient (Wildman–Crippen LogP) is 2.91. The van der Waals surface area contributed by atoms with Gasteiger partial charge in [0.25, 0.3) is 0 Å². The van der Waals surface area contributed by atoms with E-state index < -0.39 is 0 Å². The first-order chi connectivity index (χ1) is 10.6. The van der Waals surface area contributed by atoms with Crippen LogP contribution in [-0.2, 0) is 13.2 Å². The molecule has 0 saturated heterocycles. The summed E-state index contributed by atoms with van der Waals surface area (Å²) in [7, 11) is 1.59. The molecule has 6 heteroatoms. The molecule has 0 bridgehead atoms. The number of ether oxygens (including phenoxy) is 2. The van der Waals surface area contributed by atoms with E-state index in [4.69, 9.17) is 32.2 Å². The first kappa shape index (κ1) is 16.0. The lowest BCUT2D eigenvalue weighted by Gasteiger charge is -2.13. The van der Waals surface area contributed by atoms with Gasteiger partial charge in [0.05, 0.1) is 7.11 Å². The van der Waals surface area contributed by atoms with Crippen LogP contribution in [0.4, 0.5) is 0 Å². The zero-order valence-electron chi connectivity index (χ0n) is 12.2. The summed E-state index contributed by atoms with van der Waals surface area (Å²) >= 11 is 5.96. The molecule has 0 aliphatic rings. The van der Waals surface area contributed by atoms with Gasteiger partial charge in [-0.3, -0.25) is 5.41 Å². The molecule has 2 aromatic carbocycles. The molecule has 0 heterocycles. The average molecular weight is 320 g/mol. The van der Waals surface area contributed by atoms with Crippen molar-refractivity contribution in [1.29, 1.82) is 5.41 Å². The highest BCUT2D eigenvalue weighted by atomic mass is 35.5. The molecule has 0 spiro atoms.